The fourth-order valence-electron chi connectivity index (χ4n) is 1.94. The van der Waals surface area contributed by atoms with E-state index in [0.717, 1.165) is 11.4 Å². The van der Waals surface area contributed by atoms with Crippen LogP contribution in [0.4, 0.5) is 5.82 Å². The van der Waals surface area contributed by atoms with Gasteiger partial charge in [0.05, 0.1) is 25.9 Å². The number of aryl methyl sites for hydroxylation is 1. The molecule has 1 unspecified atom stereocenters. The monoisotopic (exact) mass is 257 g/mol. The highest BCUT2D eigenvalue weighted by Crippen LogP contribution is 2.26. The fraction of sp³-hybridized carbons (Fsp3) is 0.636. The number of aliphatic hydroxyl groups is 1. The molecule has 1 N–H and O–H groups in total. The zero-order valence-electron chi connectivity index (χ0n) is 9.98. The van der Waals surface area contributed by atoms with Gasteiger partial charge in [-0.25, -0.2) is 9.97 Å². The Hall–Kier alpha value is -0.910. The van der Waals surface area contributed by atoms with E-state index < -0.39 is 0 Å². The highest BCUT2D eigenvalue weighted by Gasteiger charge is 2.25. The van der Waals surface area contributed by atoms with Crippen LogP contribution < -0.4 is 4.90 Å². The zero-order valence-corrected chi connectivity index (χ0v) is 10.7. The van der Waals surface area contributed by atoms with E-state index in [9.17, 15) is 5.11 Å². The number of halogens is 1. The lowest BCUT2D eigenvalue weighted by atomic mass is 10.2. The van der Waals surface area contributed by atoms with Gasteiger partial charge in [-0.05, 0) is 13.8 Å². The van der Waals surface area contributed by atoms with Gasteiger partial charge in [0.1, 0.15) is 16.8 Å². The van der Waals surface area contributed by atoms with Gasteiger partial charge >= 0.3 is 0 Å². The predicted octanol–water partition coefficient (Wildman–Crippen LogP) is 0.944. The summed E-state index contributed by atoms with van der Waals surface area (Å²) in [7, 11) is 0. The van der Waals surface area contributed by atoms with Gasteiger partial charge in [-0.3, -0.25) is 0 Å². The third-order valence-corrected chi connectivity index (χ3v) is 3.25. The number of anilines is 1. The zero-order chi connectivity index (χ0) is 12.4. The molecule has 0 aromatic carbocycles. The van der Waals surface area contributed by atoms with Crippen molar-refractivity contribution in [1.29, 1.82) is 0 Å². The van der Waals surface area contributed by atoms with Crippen LogP contribution in [0.2, 0.25) is 5.15 Å². The average Bonchev–Trinajstić information content (AvgIpc) is 2.33. The molecule has 0 bridgehead atoms. The maximum Gasteiger partial charge on any atom is 0.137 e. The van der Waals surface area contributed by atoms with Crippen molar-refractivity contribution in [3.63, 3.8) is 0 Å². The first-order valence-electron chi connectivity index (χ1n) is 5.59. The van der Waals surface area contributed by atoms with Crippen molar-refractivity contribution < 1.29 is 9.84 Å². The van der Waals surface area contributed by atoms with E-state index in [2.05, 4.69) is 9.97 Å². The van der Waals surface area contributed by atoms with Crippen LogP contribution in [0, 0.1) is 13.8 Å². The molecular weight excluding hydrogens is 242 g/mol. The number of aliphatic hydroxyl groups excluding tert-OH is 1. The maximum absolute atomic E-state index is 9.35. The van der Waals surface area contributed by atoms with Crippen molar-refractivity contribution in [1.82, 2.24) is 9.97 Å². The summed E-state index contributed by atoms with van der Waals surface area (Å²) in [6, 6.07) is -0.0622. The van der Waals surface area contributed by atoms with Crippen molar-refractivity contribution >= 4 is 17.4 Å². The molecule has 0 radical (unpaired) electrons. The van der Waals surface area contributed by atoms with E-state index in [1.54, 1.807) is 0 Å². The Bertz CT molecular complexity index is 414. The molecule has 1 aromatic rings. The quantitative estimate of drug-likeness (QED) is 0.800. The summed E-state index contributed by atoms with van der Waals surface area (Å²) < 4.78 is 5.35. The second-order valence-corrected chi connectivity index (χ2v) is 4.47. The summed E-state index contributed by atoms with van der Waals surface area (Å²) in [6.07, 6.45) is 0. The smallest absolute Gasteiger partial charge is 0.137 e. The van der Waals surface area contributed by atoms with Crippen LogP contribution in [-0.2, 0) is 4.74 Å². The minimum absolute atomic E-state index is 0.0418. The van der Waals surface area contributed by atoms with Crippen LogP contribution in [0.5, 0.6) is 0 Å². The van der Waals surface area contributed by atoms with Crippen molar-refractivity contribution in [2.75, 3.05) is 31.3 Å². The molecule has 17 heavy (non-hydrogen) atoms. The number of rotatable bonds is 2. The van der Waals surface area contributed by atoms with Gasteiger partial charge < -0.3 is 14.7 Å². The van der Waals surface area contributed by atoms with Crippen molar-refractivity contribution in [2.45, 2.75) is 19.9 Å². The third kappa shape index (κ3) is 2.51. The number of nitrogens with zero attached hydrogens (tertiary/aromatic N) is 3. The van der Waals surface area contributed by atoms with Gasteiger partial charge in [0.15, 0.2) is 0 Å². The van der Waals surface area contributed by atoms with Crippen LogP contribution in [0.3, 0.4) is 0 Å². The molecule has 2 heterocycles. The first-order valence-corrected chi connectivity index (χ1v) is 5.97. The molecule has 1 aliphatic rings. The Morgan fingerprint density at radius 1 is 1.47 bits per heavy atom. The Kier molecular flexibility index (Phi) is 3.81. The summed E-state index contributed by atoms with van der Waals surface area (Å²) in [6.45, 7) is 5.59. The summed E-state index contributed by atoms with van der Waals surface area (Å²) in [5, 5.41) is 9.82. The van der Waals surface area contributed by atoms with Crippen LogP contribution in [0.15, 0.2) is 0 Å². The van der Waals surface area contributed by atoms with Gasteiger partial charge in [-0.15, -0.1) is 0 Å². The topological polar surface area (TPSA) is 58.5 Å². The molecule has 0 amide bonds. The molecule has 1 aromatic heterocycles. The Balaban J connectivity index is 2.37. The second kappa shape index (κ2) is 5.16. The Labute approximate surface area is 105 Å². The summed E-state index contributed by atoms with van der Waals surface area (Å²) in [4.78, 5) is 10.6. The molecule has 1 saturated heterocycles. The standard InChI is InChI=1S/C11H16ClN3O2/c1-7-10(12)13-8(2)14-11(7)15-3-4-17-6-9(15)5-16/h9,16H,3-6H2,1-2H3. The van der Waals surface area contributed by atoms with E-state index in [1.807, 2.05) is 18.7 Å². The number of morpholine rings is 1. The van der Waals surface area contributed by atoms with Gasteiger partial charge in [0.25, 0.3) is 0 Å². The van der Waals surface area contributed by atoms with Crippen LogP contribution in [0.25, 0.3) is 0 Å². The molecule has 0 aliphatic carbocycles. The van der Waals surface area contributed by atoms with Crippen LogP contribution in [-0.4, -0.2) is 47.5 Å². The molecule has 1 aliphatic heterocycles. The van der Waals surface area contributed by atoms with Crippen LogP contribution in [0.1, 0.15) is 11.4 Å². The lowest BCUT2D eigenvalue weighted by molar-refractivity contribution is 0.0722. The molecule has 5 nitrogen and oxygen atoms in total. The Morgan fingerprint density at radius 3 is 2.94 bits per heavy atom. The molecular formula is C11H16ClN3O2. The first-order chi connectivity index (χ1) is 8.13. The van der Waals surface area contributed by atoms with Gasteiger partial charge in [0, 0.05) is 12.1 Å². The van der Waals surface area contributed by atoms with Crippen LogP contribution >= 0.6 is 11.6 Å². The first kappa shape index (κ1) is 12.5. The lowest BCUT2D eigenvalue weighted by Gasteiger charge is -2.36. The van der Waals surface area contributed by atoms with E-state index in [4.69, 9.17) is 16.3 Å². The van der Waals surface area contributed by atoms with Gasteiger partial charge in [0.2, 0.25) is 0 Å². The molecule has 0 saturated carbocycles. The molecule has 1 atom stereocenters. The van der Waals surface area contributed by atoms with Crippen molar-refractivity contribution in [3.8, 4) is 0 Å². The minimum Gasteiger partial charge on any atom is -0.394 e. The van der Waals surface area contributed by atoms with Gasteiger partial charge in [-0.2, -0.15) is 0 Å². The number of ether oxygens (including phenoxy) is 1. The predicted molar refractivity (Wildman–Crippen MR) is 65.6 cm³/mol. The van der Waals surface area contributed by atoms with E-state index in [-0.39, 0.29) is 12.6 Å². The molecule has 94 valence electrons. The highest BCUT2D eigenvalue weighted by molar-refractivity contribution is 6.30. The molecule has 6 heteroatoms. The molecule has 1 fully saturated rings. The summed E-state index contributed by atoms with van der Waals surface area (Å²) >= 11 is 6.06. The second-order valence-electron chi connectivity index (χ2n) is 4.11. The average molecular weight is 258 g/mol. The number of aromatic nitrogens is 2. The number of hydrogen-bond acceptors (Lipinski definition) is 5. The highest BCUT2D eigenvalue weighted by atomic mass is 35.5. The lowest BCUT2D eigenvalue weighted by Crippen LogP contribution is -2.48. The SMILES string of the molecule is Cc1nc(Cl)c(C)c(N2CCOCC2CO)n1. The molecule has 2 rings (SSSR count). The van der Waals surface area contributed by atoms with Gasteiger partial charge in [-0.1, -0.05) is 11.6 Å². The maximum atomic E-state index is 9.35. The van der Waals surface area contributed by atoms with E-state index >= 15 is 0 Å². The largest absolute Gasteiger partial charge is 0.394 e. The van der Waals surface area contributed by atoms with Crippen molar-refractivity contribution in [2.24, 2.45) is 0 Å². The fourth-order valence-corrected chi connectivity index (χ4v) is 2.15. The van der Waals surface area contributed by atoms with E-state index in [0.29, 0.717) is 30.7 Å². The minimum atomic E-state index is -0.0622. The number of hydrogen-bond donors (Lipinski definition) is 1. The summed E-state index contributed by atoms with van der Waals surface area (Å²) in [5.74, 6) is 1.43. The third-order valence-electron chi connectivity index (χ3n) is 2.88. The van der Waals surface area contributed by atoms with Crippen molar-refractivity contribution in [3.05, 3.63) is 16.5 Å². The summed E-state index contributed by atoms with van der Waals surface area (Å²) in [5.41, 5.74) is 0.845. The molecule has 0 spiro atoms. The normalized spacial score (nSPS) is 20.7. The van der Waals surface area contributed by atoms with E-state index in [1.165, 1.54) is 0 Å². The Morgan fingerprint density at radius 2 is 2.24 bits per heavy atom.